The molecule has 0 radical (unpaired) electrons. The molecule has 0 atom stereocenters. The lowest BCUT2D eigenvalue weighted by molar-refractivity contribution is -0.118. The second kappa shape index (κ2) is 13.1. The minimum atomic E-state index is -3.57. The zero-order valence-corrected chi connectivity index (χ0v) is 24.1. The molecule has 3 N–H and O–H groups in total. The Kier molecular flexibility index (Phi) is 9.55. The average Bonchev–Trinajstić information content (AvgIpc) is 3.30. The van der Waals surface area contributed by atoms with E-state index in [-0.39, 0.29) is 25.0 Å². The van der Waals surface area contributed by atoms with Crippen LogP contribution in [0.4, 0.5) is 17.1 Å². The van der Waals surface area contributed by atoms with Crippen LogP contribution in [0.25, 0.3) is 11.3 Å². The summed E-state index contributed by atoms with van der Waals surface area (Å²) in [6.07, 6.45) is 0.396. The highest BCUT2D eigenvalue weighted by Gasteiger charge is 2.33. The topological polar surface area (TPSA) is 109 Å². The molecule has 9 nitrogen and oxygen atoms in total. The summed E-state index contributed by atoms with van der Waals surface area (Å²) in [7, 11) is -0.00674. The van der Waals surface area contributed by atoms with Crippen LogP contribution in [-0.2, 0) is 23.2 Å². The molecule has 0 saturated carbocycles. The van der Waals surface area contributed by atoms with Crippen LogP contribution < -0.4 is 26.2 Å². The third-order valence-corrected chi connectivity index (χ3v) is 8.57. The number of amides is 2. The molecular formula is C30H35N4O5P. The molecule has 1 aliphatic rings. The van der Waals surface area contributed by atoms with Gasteiger partial charge in [0.1, 0.15) is 0 Å². The molecule has 0 spiro atoms. The van der Waals surface area contributed by atoms with Crippen molar-refractivity contribution in [2.24, 2.45) is 0 Å². The largest absolute Gasteiger partial charge is 0.361 e. The molecule has 210 valence electrons. The highest BCUT2D eigenvalue weighted by molar-refractivity contribution is 7.62. The van der Waals surface area contributed by atoms with Crippen molar-refractivity contribution in [1.82, 2.24) is 5.32 Å². The maximum atomic E-state index is 13.5. The fraction of sp³-hybridized carbons (Fsp3) is 0.267. The average molecular weight is 563 g/mol. The van der Waals surface area contributed by atoms with Gasteiger partial charge in [-0.25, -0.2) is 0 Å². The lowest BCUT2D eigenvalue weighted by Gasteiger charge is -2.19. The van der Waals surface area contributed by atoms with Crippen molar-refractivity contribution < 1.29 is 23.2 Å². The minimum Gasteiger partial charge on any atom is -0.354 e. The van der Waals surface area contributed by atoms with E-state index in [9.17, 15) is 14.2 Å². The summed E-state index contributed by atoms with van der Waals surface area (Å²) in [5.41, 5.74) is 4.49. The van der Waals surface area contributed by atoms with Crippen LogP contribution in [-0.4, -0.2) is 45.7 Å². The number of hydrogen-bond acceptors (Lipinski definition) is 7. The van der Waals surface area contributed by atoms with Crippen LogP contribution in [0.15, 0.2) is 72.8 Å². The fourth-order valence-electron chi connectivity index (χ4n) is 4.44. The first-order chi connectivity index (χ1) is 19.3. The monoisotopic (exact) mass is 562 g/mol. The summed E-state index contributed by atoms with van der Waals surface area (Å²) in [5.74, 6) is -0.277. The second-order valence-electron chi connectivity index (χ2n) is 9.11. The normalized spacial score (nSPS) is 13.9. The Morgan fingerprint density at radius 2 is 1.65 bits per heavy atom. The van der Waals surface area contributed by atoms with Crippen LogP contribution in [0.1, 0.15) is 31.4 Å². The molecule has 2 amide bonds. The number of nitrogens with one attached hydrogen (secondary N) is 3. The van der Waals surface area contributed by atoms with Crippen molar-refractivity contribution in [3.63, 3.8) is 0 Å². The van der Waals surface area contributed by atoms with Gasteiger partial charge in [0.2, 0.25) is 5.91 Å². The SMILES string of the molecule is CCOP(=O)(OCC)c1ccc2c(c1)/C(=C(/Nc1ccc(N(C)C(=O)CCNC)cc1)c1ccccc1)C(=O)N2. The van der Waals surface area contributed by atoms with Crippen molar-refractivity contribution >= 4 is 53.0 Å². The van der Waals surface area contributed by atoms with Gasteiger partial charge in [0, 0.05) is 42.6 Å². The Balaban J connectivity index is 1.76. The first-order valence-corrected chi connectivity index (χ1v) is 14.8. The van der Waals surface area contributed by atoms with Crippen molar-refractivity contribution in [2.75, 3.05) is 49.4 Å². The van der Waals surface area contributed by atoms with E-state index in [1.807, 2.05) is 61.6 Å². The van der Waals surface area contributed by atoms with Gasteiger partial charge in [0.25, 0.3) is 5.91 Å². The smallest absolute Gasteiger partial charge is 0.354 e. The van der Waals surface area contributed by atoms with Gasteiger partial charge in [0.15, 0.2) is 0 Å². The predicted octanol–water partition coefficient (Wildman–Crippen LogP) is 5.08. The van der Waals surface area contributed by atoms with Gasteiger partial charge in [-0.3, -0.25) is 14.2 Å². The summed E-state index contributed by atoms with van der Waals surface area (Å²) < 4.78 is 24.6. The molecular weight excluding hydrogens is 527 g/mol. The van der Waals surface area contributed by atoms with Gasteiger partial charge in [-0.2, -0.15) is 0 Å². The Hall–Kier alpha value is -3.75. The Morgan fingerprint density at radius 3 is 2.27 bits per heavy atom. The van der Waals surface area contributed by atoms with Gasteiger partial charge in [0.05, 0.1) is 29.8 Å². The Labute approximate surface area is 235 Å². The van der Waals surface area contributed by atoms with Crippen molar-refractivity contribution in [1.29, 1.82) is 0 Å². The van der Waals surface area contributed by atoms with Crippen LogP contribution in [0.2, 0.25) is 0 Å². The molecule has 0 aromatic heterocycles. The van der Waals surface area contributed by atoms with E-state index >= 15 is 0 Å². The van der Waals surface area contributed by atoms with Crippen LogP contribution in [0, 0.1) is 0 Å². The number of nitrogens with zero attached hydrogens (tertiary/aromatic N) is 1. The summed E-state index contributed by atoms with van der Waals surface area (Å²) in [6.45, 7) is 4.56. The van der Waals surface area contributed by atoms with Crippen LogP contribution >= 0.6 is 7.60 Å². The van der Waals surface area contributed by atoms with E-state index in [1.54, 1.807) is 44.0 Å². The van der Waals surface area contributed by atoms with Gasteiger partial charge in [-0.1, -0.05) is 30.3 Å². The Morgan fingerprint density at radius 1 is 0.975 bits per heavy atom. The van der Waals surface area contributed by atoms with Gasteiger partial charge < -0.3 is 29.9 Å². The van der Waals surface area contributed by atoms with E-state index in [1.165, 1.54) is 0 Å². The number of carbonyl (C=O) groups is 2. The molecule has 3 aromatic rings. The molecule has 10 heteroatoms. The molecule has 40 heavy (non-hydrogen) atoms. The molecule has 0 bridgehead atoms. The molecule has 3 aromatic carbocycles. The number of fused-ring (bicyclic) bond motifs is 1. The third kappa shape index (κ3) is 6.35. The third-order valence-electron chi connectivity index (χ3n) is 6.46. The predicted molar refractivity (Wildman–Crippen MR) is 161 cm³/mol. The number of benzene rings is 3. The van der Waals surface area contributed by atoms with Crippen molar-refractivity contribution in [3.05, 3.63) is 83.9 Å². The number of hydrogen-bond donors (Lipinski definition) is 3. The molecule has 0 unspecified atom stereocenters. The highest BCUT2D eigenvalue weighted by Crippen LogP contribution is 2.48. The maximum Gasteiger partial charge on any atom is 0.361 e. The Bertz CT molecular complexity index is 1430. The van der Waals surface area contributed by atoms with E-state index in [0.717, 1.165) is 16.9 Å². The van der Waals surface area contributed by atoms with Crippen molar-refractivity contribution in [3.8, 4) is 0 Å². The highest BCUT2D eigenvalue weighted by atomic mass is 31.2. The molecule has 1 heterocycles. The number of anilines is 3. The van der Waals surface area contributed by atoms with Gasteiger partial charge >= 0.3 is 7.60 Å². The lowest BCUT2D eigenvalue weighted by atomic mass is 10.00. The van der Waals surface area contributed by atoms with E-state index in [2.05, 4.69) is 16.0 Å². The minimum absolute atomic E-state index is 0.00795. The van der Waals surface area contributed by atoms with Gasteiger partial charge in [-0.15, -0.1) is 0 Å². The fourth-order valence-corrected chi connectivity index (χ4v) is 6.04. The second-order valence-corrected chi connectivity index (χ2v) is 11.1. The molecule has 0 aliphatic carbocycles. The maximum absolute atomic E-state index is 13.5. The molecule has 1 aliphatic heterocycles. The van der Waals surface area contributed by atoms with Crippen LogP contribution in [0.3, 0.4) is 0 Å². The number of rotatable bonds is 12. The van der Waals surface area contributed by atoms with Crippen molar-refractivity contribution in [2.45, 2.75) is 20.3 Å². The quantitative estimate of drug-likeness (QED) is 0.209. The molecule has 0 saturated heterocycles. The van der Waals surface area contributed by atoms with E-state index < -0.39 is 7.60 Å². The summed E-state index contributed by atoms with van der Waals surface area (Å²) in [4.78, 5) is 27.4. The zero-order chi connectivity index (χ0) is 28.7. The van der Waals surface area contributed by atoms with Crippen LogP contribution in [0.5, 0.6) is 0 Å². The summed E-state index contributed by atoms with van der Waals surface area (Å²) in [5, 5.41) is 9.71. The van der Waals surface area contributed by atoms with E-state index in [0.29, 0.717) is 40.8 Å². The first-order valence-electron chi connectivity index (χ1n) is 13.2. The molecule has 0 fully saturated rings. The van der Waals surface area contributed by atoms with Gasteiger partial charge in [-0.05, 0) is 68.9 Å². The standard InChI is InChI=1S/C30H35N4O5P/c1-5-38-40(37,39-6-2)24-16-17-26-25(20-24)28(30(36)33-26)29(21-10-8-7-9-11-21)32-22-12-14-23(15-13-22)34(4)27(35)18-19-31-3/h7-17,20,31-32H,5-6,18-19H2,1-4H3,(H,33,36)/b29-28-. The zero-order valence-electron chi connectivity index (χ0n) is 23.2. The summed E-state index contributed by atoms with van der Waals surface area (Å²) >= 11 is 0. The lowest BCUT2D eigenvalue weighted by Crippen LogP contribution is -2.28. The molecule has 4 rings (SSSR count). The number of carbonyl (C=O) groups excluding carboxylic acids is 2. The van der Waals surface area contributed by atoms with E-state index in [4.69, 9.17) is 9.05 Å². The summed E-state index contributed by atoms with van der Waals surface area (Å²) in [6, 6.07) is 22.1. The first kappa shape index (κ1) is 29.2.